The van der Waals surface area contributed by atoms with Gasteiger partial charge in [0.1, 0.15) is 6.61 Å². The van der Waals surface area contributed by atoms with Gasteiger partial charge in [0, 0.05) is 12.6 Å². The molecular formula is C9H17NO2. The fraction of sp³-hybridized carbons (Fsp3) is 0.889. The molecule has 1 N–H and O–H groups in total. The Balaban J connectivity index is 2.57. The van der Waals surface area contributed by atoms with Crippen LogP contribution in [0.1, 0.15) is 26.7 Å². The van der Waals surface area contributed by atoms with Crippen molar-refractivity contribution in [1.82, 2.24) is 4.90 Å². The molecule has 0 aliphatic carbocycles. The van der Waals surface area contributed by atoms with Gasteiger partial charge in [-0.3, -0.25) is 4.79 Å². The van der Waals surface area contributed by atoms with Gasteiger partial charge in [0.25, 0.3) is 0 Å². The Morgan fingerprint density at radius 2 is 2.33 bits per heavy atom. The second kappa shape index (κ2) is 3.90. The maximum atomic E-state index is 11.2. The molecule has 0 spiro atoms. The first-order chi connectivity index (χ1) is 5.69. The number of likely N-dealkylation sites (tertiary alicyclic amines) is 1. The SMILES string of the molecule is CC[C@@H]1C[C@@H](C)CN1C(=O)CO. The third-order valence-corrected chi connectivity index (χ3v) is 2.55. The summed E-state index contributed by atoms with van der Waals surface area (Å²) in [6.07, 6.45) is 2.08. The number of hydrogen-bond donors (Lipinski definition) is 1. The molecule has 0 aromatic carbocycles. The van der Waals surface area contributed by atoms with E-state index in [1.807, 2.05) is 4.90 Å². The average Bonchev–Trinajstić information content (AvgIpc) is 2.45. The van der Waals surface area contributed by atoms with Crippen LogP contribution in [0.15, 0.2) is 0 Å². The van der Waals surface area contributed by atoms with Gasteiger partial charge in [-0.1, -0.05) is 13.8 Å². The number of amides is 1. The van der Waals surface area contributed by atoms with Crippen LogP contribution in [0.2, 0.25) is 0 Å². The normalized spacial score (nSPS) is 29.4. The molecule has 3 heteroatoms. The molecular weight excluding hydrogens is 154 g/mol. The Morgan fingerprint density at radius 1 is 1.67 bits per heavy atom. The minimum Gasteiger partial charge on any atom is -0.387 e. The van der Waals surface area contributed by atoms with Gasteiger partial charge < -0.3 is 10.0 Å². The van der Waals surface area contributed by atoms with Crippen LogP contribution in [-0.2, 0) is 4.79 Å². The predicted octanol–water partition coefficient (Wildman–Crippen LogP) is 0.626. The molecule has 1 aliphatic rings. The third-order valence-electron chi connectivity index (χ3n) is 2.55. The van der Waals surface area contributed by atoms with Crippen molar-refractivity contribution in [3.63, 3.8) is 0 Å². The van der Waals surface area contributed by atoms with Gasteiger partial charge in [0.2, 0.25) is 5.91 Å². The van der Waals surface area contributed by atoms with E-state index in [-0.39, 0.29) is 12.5 Å². The van der Waals surface area contributed by atoms with E-state index in [0.717, 1.165) is 19.4 Å². The lowest BCUT2D eigenvalue weighted by atomic mass is 10.1. The van der Waals surface area contributed by atoms with E-state index in [0.29, 0.717) is 12.0 Å². The zero-order chi connectivity index (χ0) is 9.14. The molecule has 0 aromatic rings. The van der Waals surface area contributed by atoms with Crippen LogP contribution in [-0.4, -0.2) is 35.1 Å². The molecule has 1 aliphatic heterocycles. The molecule has 0 saturated carbocycles. The molecule has 0 aromatic heterocycles. The standard InChI is InChI=1S/C9H17NO2/c1-3-8-4-7(2)5-10(8)9(12)6-11/h7-8,11H,3-6H2,1-2H3/t7-,8-/m1/s1. The Bertz CT molecular complexity index is 170. The molecule has 0 radical (unpaired) electrons. The molecule has 1 rings (SSSR count). The molecule has 70 valence electrons. The molecule has 1 amide bonds. The molecule has 12 heavy (non-hydrogen) atoms. The van der Waals surface area contributed by atoms with Crippen LogP contribution in [0.3, 0.4) is 0 Å². The lowest BCUT2D eigenvalue weighted by Crippen LogP contribution is -2.37. The summed E-state index contributed by atoms with van der Waals surface area (Å²) in [6.45, 7) is 4.70. The predicted molar refractivity (Wildman–Crippen MR) is 46.7 cm³/mol. The van der Waals surface area contributed by atoms with Crippen LogP contribution in [0, 0.1) is 5.92 Å². The van der Waals surface area contributed by atoms with Gasteiger partial charge in [-0.15, -0.1) is 0 Å². The second-order valence-corrected chi connectivity index (χ2v) is 3.61. The molecule has 1 fully saturated rings. The van der Waals surface area contributed by atoms with Crippen molar-refractivity contribution in [2.75, 3.05) is 13.2 Å². The number of hydrogen-bond acceptors (Lipinski definition) is 2. The number of aliphatic hydroxyl groups excluding tert-OH is 1. The minimum atomic E-state index is -0.344. The summed E-state index contributed by atoms with van der Waals surface area (Å²) in [6, 6.07) is 0.361. The Kier molecular flexibility index (Phi) is 3.09. The Hall–Kier alpha value is -0.570. The smallest absolute Gasteiger partial charge is 0.248 e. The van der Waals surface area contributed by atoms with E-state index in [4.69, 9.17) is 5.11 Å². The number of carbonyl (C=O) groups excluding carboxylic acids is 1. The van der Waals surface area contributed by atoms with Gasteiger partial charge in [0.15, 0.2) is 0 Å². The van der Waals surface area contributed by atoms with Gasteiger partial charge in [0.05, 0.1) is 0 Å². The summed E-state index contributed by atoms with van der Waals surface area (Å²) in [5.41, 5.74) is 0. The maximum absolute atomic E-state index is 11.2. The highest BCUT2D eigenvalue weighted by atomic mass is 16.3. The van der Waals surface area contributed by atoms with Crippen molar-refractivity contribution in [3.8, 4) is 0 Å². The highest BCUT2D eigenvalue weighted by Gasteiger charge is 2.30. The van der Waals surface area contributed by atoms with E-state index >= 15 is 0 Å². The summed E-state index contributed by atoms with van der Waals surface area (Å²) in [5.74, 6) is 0.469. The Labute approximate surface area is 73.4 Å². The van der Waals surface area contributed by atoms with Crippen molar-refractivity contribution in [1.29, 1.82) is 0 Å². The van der Waals surface area contributed by atoms with E-state index < -0.39 is 0 Å². The zero-order valence-electron chi connectivity index (χ0n) is 7.79. The first-order valence-corrected chi connectivity index (χ1v) is 4.59. The van der Waals surface area contributed by atoms with E-state index in [1.165, 1.54) is 0 Å². The van der Waals surface area contributed by atoms with Gasteiger partial charge in [-0.2, -0.15) is 0 Å². The molecule has 3 nitrogen and oxygen atoms in total. The van der Waals surface area contributed by atoms with Crippen LogP contribution < -0.4 is 0 Å². The fourth-order valence-corrected chi connectivity index (χ4v) is 1.93. The summed E-state index contributed by atoms with van der Waals surface area (Å²) in [7, 11) is 0. The zero-order valence-corrected chi connectivity index (χ0v) is 7.79. The lowest BCUT2D eigenvalue weighted by Gasteiger charge is -2.22. The third kappa shape index (κ3) is 1.78. The van der Waals surface area contributed by atoms with Crippen LogP contribution in [0.25, 0.3) is 0 Å². The van der Waals surface area contributed by atoms with E-state index in [2.05, 4.69) is 13.8 Å². The van der Waals surface area contributed by atoms with Gasteiger partial charge in [-0.25, -0.2) is 0 Å². The Morgan fingerprint density at radius 3 is 2.83 bits per heavy atom. The largest absolute Gasteiger partial charge is 0.387 e. The van der Waals surface area contributed by atoms with Crippen molar-refractivity contribution in [2.45, 2.75) is 32.7 Å². The van der Waals surface area contributed by atoms with Crippen molar-refractivity contribution >= 4 is 5.91 Å². The first kappa shape index (κ1) is 9.52. The van der Waals surface area contributed by atoms with E-state index in [1.54, 1.807) is 0 Å². The van der Waals surface area contributed by atoms with Gasteiger partial charge >= 0.3 is 0 Å². The van der Waals surface area contributed by atoms with Gasteiger partial charge in [-0.05, 0) is 18.8 Å². The van der Waals surface area contributed by atoms with E-state index in [9.17, 15) is 4.79 Å². The van der Waals surface area contributed by atoms with Crippen molar-refractivity contribution in [3.05, 3.63) is 0 Å². The summed E-state index contributed by atoms with van der Waals surface area (Å²) in [5, 5.41) is 8.70. The van der Waals surface area contributed by atoms with Crippen molar-refractivity contribution < 1.29 is 9.90 Å². The quantitative estimate of drug-likeness (QED) is 0.662. The maximum Gasteiger partial charge on any atom is 0.248 e. The van der Waals surface area contributed by atoms with Crippen LogP contribution >= 0.6 is 0 Å². The van der Waals surface area contributed by atoms with Crippen molar-refractivity contribution in [2.24, 2.45) is 5.92 Å². The summed E-state index contributed by atoms with van der Waals surface area (Å²) < 4.78 is 0. The molecule has 0 bridgehead atoms. The number of carbonyl (C=O) groups is 1. The first-order valence-electron chi connectivity index (χ1n) is 4.59. The lowest BCUT2D eigenvalue weighted by molar-refractivity contribution is -0.135. The topological polar surface area (TPSA) is 40.5 Å². The second-order valence-electron chi connectivity index (χ2n) is 3.61. The highest BCUT2D eigenvalue weighted by molar-refractivity contribution is 5.77. The van der Waals surface area contributed by atoms with Crippen LogP contribution in [0.4, 0.5) is 0 Å². The molecule has 0 unspecified atom stereocenters. The minimum absolute atomic E-state index is 0.119. The molecule has 1 saturated heterocycles. The molecule has 1 heterocycles. The monoisotopic (exact) mass is 171 g/mol. The average molecular weight is 171 g/mol. The number of aliphatic hydroxyl groups is 1. The number of rotatable bonds is 2. The fourth-order valence-electron chi connectivity index (χ4n) is 1.93. The highest BCUT2D eigenvalue weighted by Crippen LogP contribution is 2.24. The summed E-state index contributed by atoms with van der Waals surface area (Å²) >= 11 is 0. The van der Waals surface area contributed by atoms with Crippen LogP contribution in [0.5, 0.6) is 0 Å². The number of nitrogens with zero attached hydrogens (tertiary/aromatic N) is 1. The molecule has 2 atom stereocenters. The summed E-state index contributed by atoms with van der Waals surface area (Å²) in [4.78, 5) is 13.0.